The van der Waals surface area contributed by atoms with Gasteiger partial charge in [-0.25, -0.2) is 0 Å². The lowest BCUT2D eigenvalue weighted by atomic mass is 9.89. The number of benzene rings is 1. The van der Waals surface area contributed by atoms with E-state index in [-0.39, 0.29) is 12.3 Å². The third kappa shape index (κ3) is 4.84. The number of nitrogens with one attached hydrogen (secondary N) is 1. The fraction of sp³-hybridized carbons (Fsp3) is 0.421. The number of rotatable bonds is 6. The lowest BCUT2D eigenvalue weighted by molar-refractivity contribution is -0.128. The van der Waals surface area contributed by atoms with Crippen LogP contribution in [-0.2, 0) is 11.3 Å². The largest absolute Gasteiger partial charge is 0.429 e. The van der Waals surface area contributed by atoms with Gasteiger partial charge in [0.05, 0.1) is 18.6 Å². The molecule has 1 fully saturated rings. The molecule has 1 aliphatic heterocycles. The molecule has 2 N–H and O–H groups in total. The van der Waals surface area contributed by atoms with Crippen LogP contribution < -0.4 is 10.1 Å². The number of amides is 1. The van der Waals surface area contributed by atoms with Gasteiger partial charge in [-0.05, 0) is 37.6 Å². The number of hydrogen-bond acceptors (Lipinski definition) is 5. The third-order valence-corrected chi connectivity index (χ3v) is 4.38. The lowest BCUT2D eigenvalue weighted by Crippen LogP contribution is -2.49. The van der Waals surface area contributed by atoms with Gasteiger partial charge in [-0.1, -0.05) is 18.2 Å². The van der Waals surface area contributed by atoms with E-state index >= 15 is 0 Å². The Morgan fingerprint density at radius 1 is 1.32 bits per heavy atom. The second-order valence-electron chi connectivity index (χ2n) is 6.52. The zero-order valence-corrected chi connectivity index (χ0v) is 14.4. The molecule has 1 aromatic carbocycles. The Hall–Kier alpha value is -2.31. The number of β-amino-alcohol motifs (C(OH)–C–C–N with tert-alkyl or cyclic N) is 1. The Labute approximate surface area is 147 Å². The molecule has 3 rings (SSSR count). The summed E-state index contributed by atoms with van der Waals surface area (Å²) in [5.74, 6) is 1.80. The van der Waals surface area contributed by atoms with Crippen LogP contribution >= 0.6 is 0 Å². The van der Waals surface area contributed by atoms with Crippen molar-refractivity contribution in [3.63, 3.8) is 0 Å². The highest BCUT2D eigenvalue weighted by molar-refractivity contribution is 5.76. The minimum atomic E-state index is -0.978. The van der Waals surface area contributed by atoms with Crippen LogP contribution in [0.25, 0.3) is 0 Å². The molecule has 2 aromatic rings. The van der Waals surface area contributed by atoms with Gasteiger partial charge in [0.15, 0.2) is 0 Å². The summed E-state index contributed by atoms with van der Waals surface area (Å²) in [6, 6.07) is 13.1. The number of aliphatic hydroxyl groups is 1. The Bertz CT molecular complexity index is 700. The smallest absolute Gasteiger partial charge is 0.290 e. The van der Waals surface area contributed by atoms with Gasteiger partial charge < -0.3 is 19.6 Å². The van der Waals surface area contributed by atoms with E-state index in [2.05, 4.69) is 10.2 Å². The average molecular weight is 344 g/mol. The van der Waals surface area contributed by atoms with Crippen LogP contribution in [0.2, 0.25) is 0 Å². The van der Waals surface area contributed by atoms with E-state index in [0.29, 0.717) is 25.5 Å². The Balaban J connectivity index is 1.58. The highest BCUT2D eigenvalue weighted by atomic mass is 16.6. The van der Waals surface area contributed by atoms with E-state index in [0.717, 1.165) is 24.5 Å². The molecule has 1 aromatic heterocycles. The first-order chi connectivity index (χ1) is 12.1. The normalized spacial score (nSPS) is 21.0. The molecule has 1 atom stereocenters. The molecule has 1 aliphatic rings. The van der Waals surface area contributed by atoms with Crippen LogP contribution in [0.3, 0.4) is 0 Å². The third-order valence-electron chi connectivity index (χ3n) is 4.38. The lowest BCUT2D eigenvalue weighted by Gasteiger charge is -2.38. The van der Waals surface area contributed by atoms with Crippen molar-refractivity contribution in [3.8, 4) is 11.7 Å². The summed E-state index contributed by atoms with van der Waals surface area (Å²) in [4.78, 5) is 13.7. The summed E-state index contributed by atoms with van der Waals surface area (Å²) in [5.41, 5.74) is -0.978. The predicted octanol–water partition coefficient (Wildman–Crippen LogP) is 2.53. The maximum absolute atomic E-state index is 11.6. The summed E-state index contributed by atoms with van der Waals surface area (Å²) in [6.07, 6.45) is 1.61. The van der Waals surface area contributed by atoms with Crippen molar-refractivity contribution in [2.45, 2.75) is 31.4 Å². The van der Waals surface area contributed by atoms with Crippen LogP contribution in [0, 0.1) is 0 Å². The molecular weight excluding hydrogens is 320 g/mol. The molecule has 0 bridgehead atoms. The Morgan fingerprint density at radius 2 is 2.12 bits per heavy atom. The second-order valence-corrected chi connectivity index (χ2v) is 6.52. The van der Waals surface area contributed by atoms with Gasteiger partial charge in [0.25, 0.3) is 5.95 Å². The first-order valence-corrected chi connectivity index (χ1v) is 8.53. The van der Waals surface area contributed by atoms with Crippen molar-refractivity contribution in [3.05, 3.63) is 48.2 Å². The first kappa shape index (κ1) is 17.5. The van der Waals surface area contributed by atoms with E-state index in [9.17, 15) is 9.90 Å². The molecule has 25 heavy (non-hydrogen) atoms. The van der Waals surface area contributed by atoms with E-state index in [1.807, 2.05) is 36.4 Å². The predicted molar refractivity (Wildman–Crippen MR) is 93.4 cm³/mol. The maximum atomic E-state index is 11.6. The molecule has 0 saturated carbocycles. The number of piperidine rings is 1. The topological polar surface area (TPSA) is 74.9 Å². The van der Waals surface area contributed by atoms with E-state index in [4.69, 9.17) is 9.15 Å². The summed E-state index contributed by atoms with van der Waals surface area (Å²) in [6.45, 7) is 1.90. The minimum Gasteiger partial charge on any atom is -0.429 e. The highest BCUT2D eigenvalue weighted by Gasteiger charge is 2.35. The van der Waals surface area contributed by atoms with Gasteiger partial charge in [-0.2, -0.15) is 0 Å². The van der Waals surface area contributed by atoms with Gasteiger partial charge in [-0.15, -0.1) is 0 Å². The molecule has 0 spiro atoms. The van der Waals surface area contributed by atoms with E-state index < -0.39 is 5.60 Å². The van der Waals surface area contributed by atoms with Gasteiger partial charge in [0.2, 0.25) is 5.91 Å². The molecule has 2 heterocycles. The van der Waals surface area contributed by atoms with Gasteiger partial charge >= 0.3 is 0 Å². The number of carbonyl (C=O) groups excluding carboxylic acids is 1. The fourth-order valence-electron chi connectivity index (χ4n) is 3.20. The van der Waals surface area contributed by atoms with Crippen molar-refractivity contribution in [2.24, 2.45) is 0 Å². The number of para-hydroxylation sites is 1. The zero-order valence-electron chi connectivity index (χ0n) is 14.4. The Kier molecular flexibility index (Phi) is 5.40. The summed E-state index contributed by atoms with van der Waals surface area (Å²) < 4.78 is 11.4. The molecule has 1 saturated heterocycles. The van der Waals surface area contributed by atoms with Gasteiger partial charge in [-0.3, -0.25) is 9.69 Å². The zero-order chi connectivity index (χ0) is 17.7. The molecule has 1 unspecified atom stereocenters. The van der Waals surface area contributed by atoms with Crippen LogP contribution in [0.1, 0.15) is 25.0 Å². The number of nitrogens with zero attached hydrogens (tertiary/aromatic N) is 1. The SMILES string of the molecule is CNC(=O)CC1(O)CCCN(Cc2ccc(Oc3ccccc3)o2)C1. The van der Waals surface area contributed by atoms with Crippen molar-refractivity contribution < 1.29 is 19.1 Å². The standard InChI is InChI=1S/C19H24N2O4/c1-20-17(22)12-19(23)10-5-11-21(14-19)13-16-8-9-18(25-16)24-15-6-3-2-4-7-15/h2-4,6-9,23H,5,10-14H2,1H3,(H,20,22). The molecule has 0 radical (unpaired) electrons. The van der Waals surface area contributed by atoms with Crippen molar-refractivity contribution in [2.75, 3.05) is 20.1 Å². The van der Waals surface area contributed by atoms with Gasteiger partial charge in [0.1, 0.15) is 11.5 Å². The maximum Gasteiger partial charge on any atom is 0.290 e. The molecule has 0 aliphatic carbocycles. The average Bonchev–Trinajstić information content (AvgIpc) is 3.02. The number of carbonyl (C=O) groups is 1. The van der Waals surface area contributed by atoms with Crippen LogP contribution in [0.5, 0.6) is 11.7 Å². The van der Waals surface area contributed by atoms with E-state index in [1.54, 1.807) is 13.1 Å². The number of furan rings is 1. The Morgan fingerprint density at radius 3 is 2.88 bits per heavy atom. The monoisotopic (exact) mass is 344 g/mol. The highest BCUT2D eigenvalue weighted by Crippen LogP contribution is 2.28. The second kappa shape index (κ2) is 7.72. The fourth-order valence-corrected chi connectivity index (χ4v) is 3.20. The van der Waals surface area contributed by atoms with Crippen molar-refractivity contribution >= 4 is 5.91 Å². The molecule has 6 nitrogen and oxygen atoms in total. The molecule has 6 heteroatoms. The summed E-state index contributed by atoms with van der Waals surface area (Å²) >= 11 is 0. The summed E-state index contributed by atoms with van der Waals surface area (Å²) in [7, 11) is 1.59. The quantitative estimate of drug-likeness (QED) is 0.842. The molecule has 134 valence electrons. The van der Waals surface area contributed by atoms with E-state index in [1.165, 1.54) is 0 Å². The minimum absolute atomic E-state index is 0.126. The number of ether oxygens (including phenoxy) is 1. The number of hydrogen-bond donors (Lipinski definition) is 2. The van der Waals surface area contributed by atoms with Gasteiger partial charge in [0, 0.05) is 19.7 Å². The molecule has 1 amide bonds. The summed E-state index contributed by atoms with van der Waals surface area (Å²) in [5, 5.41) is 13.2. The number of likely N-dealkylation sites (tertiary alicyclic amines) is 1. The van der Waals surface area contributed by atoms with Crippen LogP contribution in [0.4, 0.5) is 0 Å². The first-order valence-electron chi connectivity index (χ1n) is 8.53. The van der Waals surface area contributed by atoms with Crippen molar-refractivity contribution in [1.29, 1.82) is 0 Å². The van der Waals surface area contributed by atoms with Crippen LogP contribution in [-0.4, -0.2) is 41.7 Å². The van der Waals surface area contributed by atoms with Crippen LogP contribution in [0.15, 0.2) is 46.9 Å². The molecular formula is C19H24N2O4. The van der Waals surface area contributed by atoms with Crippen molar-refractivity contribution in [1.82, 2.24) is 10.2 Å².